The number of carbonyl (C=O) groups is 2. The highest BCUT2D eigenvalue weighted by Gasteiger charge is 2.39. The van der Waals surface area contributed by atoms with Gasteiger partial charge in [0.15, 0.2) is 0 Å². The van der Waals surface area contributed by atoms with Crippen molar-refractivity contribution in [2.75, 3.05) is 12.3 Å². The molecule has 0 radical (unpaired) electrons. The number of halogens is 1. The van der Waals surface area contributed by atoms with Crippen LogP contribution in [0.2, 0.25) is 0 Å². The van der Waals surface area contributed by atoms with Gasteiger partial charge < -0.3 is 0 Å². The van der Waals surface area contributed by atoms with Crippen molar-refractivity contribution >= 4 is 31.5 Å². The van der Waals surface area contributed by atoms with E-state index in [1.165, 1.54) is 0 Å². The van der Waals surface area contributed by atoms with E-state index >= 15 is 0 Å². The van der Waals surface area contributed by atoms with Gasteiger partial charge in [0.1, 0.15) is 0 Å². The Hall–Kier alpha value is -1.40. The maximum Gasteiger partial charge on any atom is 0.261 e. The van der Waals surface area contributed by atoms with Crippen LogP contribution in [0.5, 0.6) is 0 Å². The minimum atomic E-state index is -3.70. The lowest BCUT2D eigenvalue weighted by Crippen LogP contribution is -2.40. The van der Waals surface area contributed by atoms with Crippen molar-refractivity contribution in [1.29, 1.82) is 0 Å². The fraction of sp³-hybridized carbons (Fsp3) is 0.385. The largest absolute Gasteiger partial charge is 0.274 e. The Kier molecular flexibility index (Phi) is 3.64. The van der Waals surface area contributed by atoms with E-state index in [-0.39, 0.29) is 12.3 Å². The summed E-state index contributed by atoms with van der Waals surface area (Å²) in [6.45, 7) is 3.30. The molecule has 1 aliphatic heterocycles. The smallest absolute Gasteiger partial charge is 0.261 e. The highest BCUT2D eigenvalue weighted by molar-refractivity contribution is 8.13. The van der Waals surface area contributed by atoms with E-state index in [1.54, 1.807) is 38.1 Å². The standard InChI is InChI=1S/C13H14ClNO4S/c1-13(2,8-20(14,18)19)7-15-11(16)9-5-3-4-6-10(9)12(15)17/h3-6H,7-8H2,1-2H3. The minimum Gasteiger partial charge on any atom is -0.274 e. The Bertz CT molecular complexity index is 646. The number of rotatable bonds is 4. The summed E-state index contributed by atoms with van der Waals surface area (Å²) in [5.41, 5.74) is -0.113. The van der Waals surface area contributed by atoms with E-state index in [0.717, 1.165) is 4.90 Å². The van der Waals surface area contributed by atoms with Crippen LogP contribution in [0.4, 0.5) is 0 Å². The predicted octanol–water partition coefficient (Wildman–Crippen LogP) is 1.88. The molecule has 2 amide bonds. The first-order valence-electron chi connectivity index (χ1n) is 5.98. The van der Waals surface area contributed by atoms with Crippen LogP contribution >= 0.6 is 10.7 Å². The first kappa shape index (κ1) is 15.0. The van der Waals surface area contributed by atoms with E-state index in [1.807, 2.05) is 0 Å². The summed E-state index contributed by atoms with van der Waals surface area (Å²) in [5, 5.41) is 0. The van der Waals surface area contributed by atoms with Gasteiger partial charge in [-0.3, -0.25) is 14.5 Å². The number of nitrogens with zero attached hydrogens (tertiary/aromatic N) is 1. The third-order valence-corrected chi connectivity index (χ3v) is 4.48. The lowest BCUT2D eigenvalue weighted by Gasteiger charge is -2.27. The zero-order chi connectivity index (χ0) is 15.1. The van der Waals surface area contributed by atoms with Gasteiger partial charge in [-0.05, 0) is 17.5 Å². The van der Waals surface area contributed by atoms with E-state index in [4.69, 9.17) is 10.7 Å². The normalized spacial score (nSPS) is 15.7. The van der Waals surface area contributed by atoms with Crippen LogP contribution in [0, 0.1) is 5.41 Å². The molecule has 5 nitrogen and oxygen atoms in total. The monoisotopic (exact) mass is 315 g/mol. The van der Waals surface area contributed by atoms with Gasteiger partial charge in [0.2, 0.25) is 9.05 Å². The number of imide groups is 1. The highest BCUT2D eigenvalue weighted by atomic mass is 35.7. The van der Waals surface area contributed by atoms with E-state index in [0.29, 0.717) is 11.1 Å². The Balaban J connectivity index is 2.25. The van der Waals surface area contributed by atoms with E-state index < -0.39 is 26.3 Å². The molecule has 1 heterocycles. The summed E-state index contributed by atoms with van der Waals surface area (Å²) >= 11 is 0. The molecule has 0 spiro atoms. The van der Waals surface area contributed by atoms with Gasteiger partial charge in [-0.1, -0.05) is 26.0 Å². The molecule has 1 aromatic rings. The molecule has 0 atom stereocenters. The van der Waals surface area contributed by atoms with Crippen molar-refractivity contribution in [3.8, 4) is 0 Å². The summed E-state index contributed by atoms with van der Waals surface area (Å²) in [7, 11) is 1.55. The summed E-state index contributed by atoms with van der Waals surface area (Å²) in [4.78, 5) is 25.4. The van der Waals surface area contributed by atoms with Crippen molar-refractivity contribution in [1.82, 2.24) is 4.90 Å². The molecule has 0 aliphatic carbocycles. The summed E-state index contributed by atoms with van der Waals surface area (Å²) < 4.78 is 22.4. The van der Waals surface area contributed by atoms with Gasteiger partial charge >= 0.3 is 0 Å². The highest BCUT2D eigenvalue weighted by Crippen LogP contribution is 2.28. The number of benzene rings is 1. The number of hydrogen-bond donors (Lipinski definition) is 0. The lowest BCUT2D eigenvalue weighted by molar-refractivity contribution is 0.0601. The molecular formula is C13H14ClNO4S. The zero-order valence-corrected chi connectivity index (χ0v) is 12.7. The van der Waals surface area contributed by atoms with Gasteiger partial charge in [-0.15, -0.1) is 0 Å². The molecule has 0 saturated carbocycles. The van der Waals surface area contributed by atoms with Crippen LogP contribution in [0.15, 0.2) is 24.3 Å². The summed E-state index contributed by atoms with van der Waals surface area (Å²) in [6.07, 6.45) is 0. The molecule has 0 fully saturated rings. The average Bonchev–Trinajstić information content (AvgIpc) is 2.52. The fourth-order valence-corrected chi connectivity index (χ4v) is 4.23. The van der Waals surface area contributed by atoms with Crippen molar-refractivity contribution in [2.45, 2.75) is 13.8 Å². The molecule has 2 rings (SSSR count). The average molecular weight is 316 g/mol. The van der Waals surface area contributed by atoms with Crippen LogP contribution in [0.25, 0.3) is 0 Å². The Labute approximate surface area is 121 Å². The summed E-state index contributed by atoms with van der Waals surface area (Å²) in [5.74, 6) is -1.11. The second-order valence-corrected chi connectivity index (χ2v) is 8.37. The lowest BCUT2D eigenvalue weighted by atomic mass is 9.95. The van der Waals surface area contributed by atoms with Crippen LogP contribution in [-0.4, -0.2) is 37.4 Å². The quantitative estimate of drug-likeness (QED) is 0.628. The predicted molar refractivity (Wildman–Crippen MR) is 75.2 cm³/mol. The first-order valence-corrected chi connectivity index (χ1v) is 8.46. The van der Waals surface area contributed by atoms with Crippen LogP contribution in [0.1, 0.15) is 34.6 Å². The zero-order valence-electron chi connectivity index (χ0n) is 11.1. The van der Waals surface area contributed by atoms with Crippen molar-refractivity contribution in [3.05, 3.63) is 35.4 Å². The first-order chi connectivity index (χ1) is 9.11. The molecule has 20 heavy (non-hydrogen) atoms. The molecule has 1 aromatic carbocycles. The Morgan fingerprint density at radius 2 is 1.55 bits per heavy atom. The Morgan fingerprint density at radius 1 is 1.10 bits per heavy atom. The number of fused-ring (bicyclic) bond motifs is 1. The topological polar surface area (TPSA) is 71.5 Å². The maximum atomic E-state index is 12.2. The van der Waals surface area contributed by atoms with E-state index in [2.05, 4.69) is 0 Å². The fourth-order valence-electron chi connectivity index (χ4n) is 2.32. The van der Waals surface area contributed by atoms with Crippen LogP contribution < -0.4 is 0 Å². The van der Waals surface area contributed by atoms with Crippen LogP contribution in [0.3, 0.4) is 0 Å². The molecule has 108 valence electrons. The molecule has 7 heteroatoms. The molecule has 0 aromatic heterocycles. The Morgan fingerprint density at radius 3 is 1.95 bits per heavy atom. The van der Waals surface area contributed by atoms with Gasteiger partial charge in [-0.2, -0.15) is 0 Å². The molecule has 0 N–H and O–H groups in total. The third-order valence-electron chi connectivity index (χ3n) is 3.03. The minimum absolute atomic E-state index is 0.00525. The second kappa shape index (κ2) is 4.86. The molecule has 1 aliphatic rings. The van der Waals surface area contributed by atoms with E-state index in [9.17, 15) is 18.0 Å². The summed E-state index contributed by atoms with van der Waals surface area (Å²) in [6, 6.07) is 6.53. The number of amides is 2. The number of carbonyl (C=O) groups excluding carboxylic acids is 2. The van der Waals surface area contributed by atoms with Crippen LogP contribution in [-0.2, 0) is 9.05 Å². The van der Waals surface area contributed by atoms with Crippen molar-refractivity contribution in [2.24, 2.45) is 5.41 Å². The van der Waals surface area contributed by atoms with Gasteiger partial charge in [-0.25, -0.2) is 8.42 Å². The van der Waals surface area contributed by atoms with Gasteiger partial charge in [0.05, 0.1) is 16.9 Å². The number of hydrogen-bond acceptors (Lipinski definition) is 4. The van der Waals surface area contributed by atoms with Gasteiger partial charge in [0.25, 0.3) is 11.8 Å². The second-order valence-electron chi connectivity index (χ2n) is 5.59. The molecule has 0 saturated heterocycles. The van der Waals surface area contributed by atoms with Crippen molar-refractivity contribution < 1.29 is 18.0 Å². The molecule has 0 bridgehead atoms. The maximum absolute atomic E-state index is 12.2. The third kappa shape index (κ3) is 3.02. The molecule has 0 unspecified atom stereocenters. The van der Waals surface area contributed by atoms with Gasteiger partial charge in [0, 0.05) is 17.2 Å². The van der Waals surface area contributed by atoms with Crippen molar-refractivity contribution in [3.63, 3.8) is 0 Å². The SMILES string of the molecule is CC(C)(CN1C(=O)c2ccccc2C1=O)CS(=O)(=O)Cl. The molecular weight excluding hydrogens is 302 g/mol.